The number of rotatable bonds is 6. The van der Waals surface area contributed by atoms with Crippen molar-refractivity contribution in [2.24, 2.45) is 0 Å². The van der Waals surface area contributed by atoms with Gasteiger partial charge in [-0.15, -0.1) is 0 Å². The summed E-state index contributed by atoms with van der Waals surface area (Å²) in [5, 5.41) is 14.0. The number of benzene rings is 1. The Labute approximate surface area is 225 Å². The predicted molar refractivity (Wildman–Crippen MR) is 144 cm³/mol. The third kappa shape index (κ3) is 5.28. The number of hydrogen-bond acceptors (Lipinski definition) is 8. The van der Waals surface area contributed by atoms with Crippen LogP contribution in [0.1, 0.15) is 37.6 Å². The number of morpholine rings is 1. The SMILES string of the molecule is Cc1c(CN2CCOCC2)n(C(C)C)c2cc(-c3nc(N[C@@H]4CCOC[C@H]4O)ncc3F)cc(Cl)c2c1=O. The summed E-state index contributed by atoms with van der Waals surface area (Å²) in [4.78, 5) is 24.3. The highest BCUT2D eigenvalue weighted by atomic mass is 35.5. The summed E-state index contributed by atoms with van der Waals surface area (Å²) in [7, 11) is 0. The maximum absolute atomic E-state index is 15.1. The van der Waals surface area contributed by atoms with E-state index in [1.807, 2.05) is 6.92 Å². The molecule has 11 heteroatoms. The van der Waals surface area contributed by atoms with Gasteiger partial charge in [0.05, 0.1) is 54.1 Å². The minimum absolute atomic E-state index is 0.0154. The molecule has 5 rings (SSSR count). The molecule has 0 spiro atoms. The second kappa shape index (κ2) is 11.2. The molecule has 3 aromatic rings. The van der Waals surface area contributed by atoms with Crippen LogP contribution in [0.5, 0.6) is 0 Å². The molecule has 2 N–H and O–H groups in total. The number of aliphatic hydroxyl groups is 1. The van der Waals surface area contributed by atoms with E-state index >= 15 is 4.39 Å². The van der Waals surface area contributed by atoms with Crippen LogP contribution in [0.2, 0.25) is 5.02 Å². The number of aliphatic hydroxyl groups excluding tert-OH is 1. The van der Waals surface area contributed by atoms with E-state index in [0.29, 0.717) is 54.8 Å². The van der Waals surface area contributed by atoms with Crippen molar-refractivity contribution in [2.45, 2.75) is 51.9 Å². The number of nitrogens with zero attached hydrogens (tertiary/aromatic N) is 4. The zero-order valence-corrected chi connectivity index (χ0v) is 22.6. The number of ether oxygens (including phenoxy) is 2. The van der Waals surface area contributed by atoms with Crippen molar-refractivity contribution in [3.63, 3.8) is 0 Å². The van der Waals surface area contributed by atoms with Gasteiger partial charge < -0.3 is 24.5 Å². The highest BCUT2D eigenvalue weighted by Crippen LogP contribution is 2.33. The fourth-order valence-corrected chi connectivity index (χ4v) is 5.54. The van der Waals surface area contributed by atoms with E-state index in [0.717, 1.165) is 25.0 Å². The largest absolute Gasteiger partial charge is 0.389 e. The molecule has 9 nitrogen and oxygen atoms in total. The van der Waals surface area contributed by atoms with Gasteiger partial charge in [-0.25, -0.2) is 14.4 Å². The number of aromatic nitrogens is 3. The molecule has 0 amide bonds. The molecule has 38 heavy (non-hydrogen) atoms. The Balaban J connectivity index is 1.62. The Bertz CT molecular complexity index is 1390. The number of hydrogen-bond donors (Lipinski definition) is 2. The molecule has 0 unspecified atom stereocenters. The maximum Gasteiger partial charge on any atom is 0.223 e. The Kier molecular flexibility index (Phi) is 7.97. The first-order valence-electron chi connectivity index (χ1n) is 13.0. The Morgan fingerprint density at radius 3 is 2.71 bits per heavy atom. The van der Waals surface area contributed by atoms with Gasteiger partial charge in [0.2, 0.25) is 5.95 Å². The summed E-state index contributed by atoms with van der Waals surface area (Å²) in [6.45, 7) is 10.1. The fourth-order valence-electron chi connectivity index (χ4n) is 5.24. The smallest absolute Gasteiger partial charge is 0.223 e. The van der Waals surface area contributed by atoms with Crippen LogP contribution in [0, 0.1) is 12.7 Å². The van der Waals surface area contributed by atoms with Crippen LogP contribution in [0.15, 0.2) is 23.1 Å². The van der Waals surface area contributed by atoms with Gasteiger partial charge in [0.1, 0.15) is 5.69 Å². The van der Waals surface area contributed by atoms with Gasteiger partial charge in [0, 0.05) is 49.1 Å². The van der Waals surface area contributed by atoms with Crippen LogP contribution in [0.25, 0.3) is 22.2 Å². The van der Waals surface area contributed by atoms with Crippen molar-refractivity contribution in [1.29, 1.82) is 0 Å². The highest BCUT2D eigenvalue weighted by Gasteiger charge is 2.26. The lowest BCUT2D eigenvalue weighted by atomic mass is 10.0. The summed E-state index contributed by atoms with van der Waals surface area (Å²) in [6, 6.07) is 3.07. The lowest BCUT2D eigenvalue weighted by Crippen LogP contribution is -2.42. The van der Waals surface area contributed by atoms with E-state index in [1.54, 1.807) is 12.1 Å². The third-order valence-corrected chi connectivity index (χ3v) is 7.57. The summed E-state index contributed by atoms with van der Waals surface area (Å²) < 4.78 is 28.0. The van der Waals surface area contributed by atoms with Gasteiger partial charge in [-0.2, -0.15) is 0 Å². The lowest BCUT2D eigenvalue weighted by molar-refractivity contribution is -0.0136. The van der Waals surface area contributed by atoms with E-state index in [9.17, 15) is 9.90 Å². The molecule has 2 aliphatic rings. The van der Waals surface area contributed by atoms with Gasteiger partial charge in [-0.05, 0) is 39.3 Å². The van der Waals surface area contributed by atoms with Gasteiger partial charge in [0.15, 0.2) is 11.2 Å². The van der Waals surface area contributed by atoms with E-state index in [1.165, 1.54) is 0 Å². The Morgan fingerprint density at radius 1 is 1.24 bits per heavy atom. The molecule has 2 aromatic heterocycles. The highest BCUT2D eigenvalue weighted by molar-refractivity contribution is 6.35. The van der Waals surface area contributed by atoms with Crippen molar-refractivity contribution in [3.8, 4) is 11.3 Å². The number of halogens is 2. The van der Waals surface area contributed by atoms with Crippen LogP contribution in [0.3, 0.4) is 0 Å². The Morgan fingerprint density at radius 2 is 2.00 bits per heavy atom. The van der Waals surface area contributed by atoms with Crippen molar-refractivity contribution >= 4 is 28.5 Å². The van der Waals surface area contributed by atoms with Crippen LogP contribution in [-0.4, -0.2) is 76.2 Å². The average molecular weight is 546 g/mol. The zero-order valence-electron chi connectivity index (χ0n) is 21.8. The molecule has 2 saturated heterocycles. The summed E-state index contributed by atoms with van der Waals surface area (Å²) in [5.41, 5.74) is 2.57. The number of anilines is 1. The summed E-state index contributed by atoms with van der Waals surface area (Å²) >= 11 is 6.71. The molecular weight excluding hydrogens is 513 g/mol. The average Bonchev–Trinajstić information content (AvgIpc) is 2.89. The molecule has 0 radical (unpaired) electrons. The van der Waals surface area contributed by atoms with E-state index < -0.39 is 11.9 Å². The third-order valence-electron chi connectivity index (χ3n) is 7.27. The lowest BCUT2D eigenvalue weighted by Gasteiger charge is -2.30. The van der Waals surface area contributed by atoms with Gasteiger partial charge in [-0.1, -0.05) is 11.6 Å². The minimum Gasteiger partial charge on any atom is -0.389 e. The minimum atomic E-state index is -0.718. The molecule has 1 aromatic carbocycles. The predicted octanol–water partition coefficient (Wildman–Crippen LogP) is 3.53. The molecule has 2 aliphatic heterocycles. The Hall–Kier alpha value is -2.63. The van der Waals surface area contributed by atoms with Crippen LogP contribution < -0.4 is 10.7 Å². The van der Waals surface area contributed by atoms with Crippen molar-refractivity contribution < 1.29 is 19.0 Å². The molecule has 2 atom stereocenters. The molecule has 0 bridgehead atoms. The molecular formula is C27H33ClFN5O4. The first-order valence-corrected chi connectivity index (χ1v) is 13.3. The van der Waals surface area contributed by atoms with E-state index in [4.69, 9.17) is 21.1 Å². The first kappa shape index (κ1) is 27.0. The maximum atomic E-state index is 15.1. The molecule has 2 fully saturated rings. The van der Waals surface area contributed by atoms with Gasteiger partial charge >= 0.3 is 0 Å². The number of fused-ring (bicyclic) bond motifs is 1. The van der Waals surface area contributed by atoms with Crippen LogP contribution in [0.4, 0.5) is 10.3 Å². The van der Waals surface area contributed by atoms with Gasteiger partial charge in [0.25, 0.3) is 0 Å². The normalized spacial score (nSPS) is 20.8. The van der Waals surface area contributed by atoms with Crippen molar-refractivity contribution in [2.75, 3.05) is 44.8 Å². The summed E-state index contributed by atoms with van der Waals surface area (Å²) in [5.74, 6) is -0.417. The molecule has 0 saturated carbocycles. The molecule has 204 valence electrons. The van der Waals surface area contributed by atoms with Crippen molar-refractivity contribution in [3.05, 3.63) is 50.7 Å². The quantitative estimate of drug-likeness (QED) is 0.485. The zero-order chi connectivity index (χ0) is 27.0. The van der Waals surface area contributed by atoms with Crippen LogP contribution >= 0.6 is 11.6 Å². The molecule has 4 heterocycles. The number of pyridine rings is 1. The first-order chi connectivity index (χ1) is 18.2. The summed E-state index contributed by atoms with van der Waals surface area (Å²) in [6.07, 6.45) is 0.957. The van der Waals surface area contributed by atoms with Crippen LogP contribution in [-0.2, 0) is 16.0 Å². The second-order valence-corrected chi connectivity index (χ2v) is 10.6. The standard InChI is InChI=1S/C27H33ClFN5O4/c1-15(2)34-21-11-17(25-19(29)12-30-27(32-25)31-20-4-7-38-14-23(20)35)10-18(28)24(21)26(36)16(3)22(34)13-33-5-8-37-9-6-33/h10-12,15,20,23,35H,4-9,13-14H2,1-3H3,(H,30,31,32)/t20-,23-/m1/s1. The van der Waals surface area contributed by atoms with Gasteiger partial charge in [-0.3, -0.25) is 9.69 Å². The number of nitrogens with one attached hydrogen (secondary N) is 1. The molecule has 0 aliphatic carbocycles. The topological polar surface area (TPSA) is 102 Å². The van der Waals surface area contributed by atoms with Crippen molar-refractivity contribution in [1.82, 2.24) is 19.4 Å². The fraction of sp³-hybridized carbons (Fsp3) is 0.519. The van der Waals surface area contributed by atoms with E-state index in [2.05, 4.69) is 38.6 Å². The van der Waals surface area contributed by atoms with E-state index in [-0.39, 0.29) is 40.8 Å². The second-order valence-electron chi connectivity index (χ2n) is 10.2. The monoisotopic (exact) mass is 545 g/mol.